The van der Waals surface area contributed by atoms with Gasteiger partial charge in [-0.05, 0) is 0 Å². The zero-order chi connectivity index (χ0) is 10.6. The van der Waals surface area contributed by atoms with Crippen molar-refractivity contribution in [1.82, 2.24) is 4.98 Å². The molecule has 1 rings (SSSR count). The maximum absolute atomic E-state index is 4.71. The normalized spacial score (nSPS) is 10.6. The molecule has 0 saturated heterocycles. The Hall–Kier alpha value is 0.708. The molecule has 0 saturated carbocycles. The molecule has 0 aliphatic heterocycles. The van der Waals surface area contributed by atoms with Gasteiger partial charge >= 0.3 is 106 Å². The van der Waals surface area contributed by atoms with Crippen LogP contribution in [0.25, 0.3) is 0 Å². The maximum atomic E-state index is 4.71. The number of hydrogen-bond donors (Lipinski definition) is 0. The van der Waals surface area contributed by atoms with E-state index >= 15 is 0 Å². The quantitative estimate of drug-likeness (QED) is 0.683. The number of hydrogen-bond acceptors (Lipinski definition) is 1. The molecule has 78 valence electrons. The van der Waals surface area contributed by atoms with Crippen LogP contribution in [-0.2, 0) is 5.32 Å². The van der Waals surface area contributed by atoms with Gasteiger partial charge in [0, 0.05) is 0 Å². The van der Waals surface area contributed by atoms with Gasteiger partial charge in [0.25, 0.3) is 0 Å². The minimum absolute atomic E-state index is 0.542. The molecular weight excluding hydrogens is 371 g/mol. The summed E-state index contributed by atoms with van der Waals surface area (Å²) in [6.07, 6.45) is 0. The fourth-order valence-corrected chi connectivity index (χ4v) is 5.04. The van der Waals surface area contributed by atoms with Gasteiger partial charge < -0.3 is 0 Å². The Kier molecular flexibility index (Phi) is 5.77. The van der Waals surface area contributed by atoms with E-state index in [1.807, 2.05) is 0 Å². The van der Waals surface area contributed by atoms with Crippen molar-refractivity contribution in [3.63, 3.8) is 0 Å². The molecule has 0 atom stereocenters. The number of aromatic nitrogens is 1. The standard InChI is InChI=1S/C10H15NSe3/c1-7-8(6-12-2)5-9(13-3)11-10(7)14-4/h5H,6H2,1-4H3. The molecule has 0 aliphatic carbocycles. The van der Waals surface area contributed by atoms with Crippen LogP contribution >= 0.6 is 0 Å². The monoisotopic (exact) mass is 389 g/mol. The first kappa shape index (κ1) is 12.8. The van der Waals surface area contributed by atoms with Crippen molar-refractivity contribution >= 4 is 54.1 Å². The van der Waals surface area contributed by atoms with Crippen molar-refractivity contribution in [1.29, 1.82) is 0 Å². The van der Waals surface area contributed by atoms with Crippen LogP contribution < -0.4 is 9.18 Å². The predicted octanol–water partition coefficient (Wildman–Crippen LogP) is 0.398. The third-order valence-corrected chi connectivity index (χ3v) is 6.23. The van der Waals surface area contributed by atoms with Gasteiger partial charge in [0.15, 0.2) is 0 Å². The number of nitrogens with zero attached hydrogens (tertiary/aromatic N) is 1. The van der Waals surface area contributed by atoms with Crippen molar-refractivity contribution < 1.29 is 0 Å². The molecule has 0 unspecified atom stereocenters. The Morgan fingerprint density at radius 3 is 2.43 bits per heavy atom. The molecule has 0 fully saturated rings. The molecule has 0 aromatic carbocycles. The molecule has 0 amide bonds. The second-order valence-corrected chi connectivity index (χ2v) is 8.11. The molecule has 0 aliphatic rings. The van der Waals surface area contributed by atoms with Gasteiger partial charge in [0.05, 0.1) is 0 Å². The van der Waals surface area contributed by atoms with E-state index < -0.39 is 0 Å². The van der Waals surface area contributed by atoms with Crippen LogP contribution in [-0.4, -0.2) is 49.9 Å². The summed E-state index contributed by atoms with van der Waals surface area (Å²) in [5.41, 5.74) is 3.02. The first-order valence-corrected chi connectivity index (χ1v) is 12.4. The van der Waals surface area contributed by atoms with E-state index in [9.17, 15) is 0 Å². The Morgan fingerprint density at radius 2 is 1.93 bits per heavy atom. The van der Waals surface area contributed by atoms with Gasteiger partial charge in [-0.15, -0.1) is 0 Å². The summed E-state index contributed by atoms with van der Waals surface area (Å²) in [7, 11) is 0. The molecular formula is C10H15NSe3. The first-order valence-electron chi connectivity index (χ1n) is 4.30. The molecule has 1 aromatic rings. The van der Waals surface area contributed by atoms with E-state index in [2.05, 4.69) is 30.5 Å². The van der Waals surface area contributed by atoms with Crippen LogP contribution in [0.5, 0.6) is 0 Å². The van der Waals surface area contributed by atoms with Gasteiger partial charge in [0.1, 0.15) is 0 Å². The zero-order valence-electron chi connectivity index (χ0n) is 8.96. The summed E-state index contributed by atoms with van der Waals surface area (Å²) in [5, 5.41) is 1.27. The molecule has 0 bridgehead atoms. The van der Waals surface area contributed by atoms with Crippen LogP contribution in [0, 0.1) is 6.92 Å². The Bertz CT molecular complexity index is 312. The molecule has 1 nitrogen and oxygen atoms in total. The summed E-state index contributed by atoms with van der Waals surface area (Å²) >= 11 is 1.83. The van der Waals surface area contributed by atoms with Crippen molar-refractivity contribution in [2.24, 2.45) is 0 Å². The van der Waals surface area contributed by atoms with E-state index in [4.69, 9.17) is 4.98 Å². The number of rotatable bonds is 4. The molecule has 4 heteroatoms. The van der Waals surface area contributed by atoms with Gasteiger partial charge in [0.2, 0.25) is 0 Å². The molecule has 0 spiro atoms. The zero-order valence-corrected chi connectivity index (χ0v) is 14.1. The molecule has 14 heavy (non-hydrogen) atoms. The number of pyridine rings is 1. The third kappa shape index (κ3) is 3.10. The fourth-order valence-electron chi connectivity index (χ4n) is 1.22. The van der Waals surface area contributed by atoms with Crippen LogP contribution in [0.15, 0.2) is 6.07 Å². The Morgan fingerprint density at radius 1 is 1.21 bits per heavy atom. The van der Waals surface area contributed by atoms with Crippen LogP contribution in [0.2, 0.25) is 17.5 Å². The van der Waals surface area contributed by atoms with Crippen LogP contribution in [0.1, 0.15) is 11.1 Å². The first-order chi connectivity index (χ1) is 6.72. The fraction of sp³-hybridized carbons (Fsp3) is 0.500. The Labute approximate surface area is 105 Å². The summed E-state index contributed by atoms with van der Waals surface area (Å²) < 4.78 is 2.71. The van der Waals surface area contributed by atoms with Gasteiger partial charge in [-0.2, -0.15) is 0 Å². The molecule has 1 aromatic heterocycles. The van der Waals surface area contributed by atoms with Crippen molar-refractivity contribution in [2.75, 3.05) is 0 Å². The van der Waals surface area contributed by atoms with Crippen LogP contribution in [0.3, 0.4) is 0 Å². The van der Waals surface area contributed by atoms with Gasteiger partial charge in [-0.3, -0.25) is 0 Å². The van der Waals surface area contributed by atoms with E-state index in [1.165, 1.54) is 20.1 Å². The van der Waals surface area contributed by atoms with E-state index in [1.54, 1.807) is 5.56 Å². The SMILES string of the molecule is C[Se]Cc1cc([Se]C)nc([Se]C)c1C. The van der Waals surface area contributed by atoms with E-state index in [0.29, 0.717) is 29.9 Å². The second-order valence-electron chi connectivity index (χ2n) is 2.89. The third-order valence-electron chi connectivity index (χ3n) is 2.01. The average molecular weight is 386 g/mol. The minimum atomic E-state index is 0.542. The summed E-state index contributed by atoms with van der Waals surface area (Å²) in [5.74, 6) is 6.81. The predicted molar refractivity (Wildman–Crippen MR) is 66.8 cm³/mol. The Balaban J connectivity index is 3.12. The molecule has 1 heterocycles. The van der Waals surface area contributed by atoms with Crippen molar-refractivity contribution in [3.05, 3.63) is 17.2 Å². The molecule has 0 N–H and O–H groups in total. The average Bonchev–Trinajstić information content (AvgIpc) is 2.21. The summed E-state index contributed by atoms with van der Waals surface area (Å²) in [4.78, 5) is 4.71. The van der Waals surface area contributed by atoms with E-state index in [-0.39, 0.29) is 0 Å². The summed E-state index contributed by atoms with van der Waals surface area (Å²) in [6.45, 7) is 2.24. The topological polar surface area (TPSA) is 12.9 Å². The van der Waals surface area contributed by atoms with Crippen molar-refractivity contribution in [2.45, 2.75) is 29.7 Å². The summed E-state index contributed by atoms with van der Waals surface area (Å²) in [6, 6.07) is 2.33. The molecule has 0 radical (unpaired) electrons. The van der Waals surface area contributed by atoms with Crippen LogP contribution in [0.4, 0.5) is 0 Å². The van der Waals surface area contributed by atoms with Crippen molar-refractivity contribution in [3.8, 4) is 0 Å². The van der Waals surface area contributed by atoms with Gasteiger partial charge in [-0.25, -0.2) is 0 Å². The van der Waals surface area contributed by atoms with Gasteiger partial charge in [-0.1, -0.05) is 0 Å². The second kappa shape index (κ2) is 6.33. The van der Waals surface area contributed by atoms with E-state index in [0.717, 1.165) is 15.0 Å².